The van der Waals surface area contributed by atoms with Crippen LogP contribution in [0.25, 0.3) is 11.0 Å². The van der Waals surface area contributed by atoms with Crippen LogP contribution in [0.1, 0.15) is 5.82 Å². The lowest BCUT2D eigenvalue weighted by Crippen LogP contribution is -1.97. The largest absolute Gasteiger partial charge is 0.427 e. The Bertz CT molecular complexity index is 408. The molecule has 0 spiro atoms. The maximum atomic E-state index is 9.38. The van der Waals surface area contributed by atoms with Gasteiger partial charge in [-0.25, -0.2) is 4.98 Å². The van der Waals surface area contributed by atoms with E-state index in [1.807, 2.05) is 6.07 Å². The van der Waals surface area contributed by atoms with Gasteiger partial charge in [-0.1, -0.05) is 12.1 Å². The molecule has 0 atom stereocenters. The maximum absolute atomic E-state index is 9.38. The molecule has 62 valence electrons. The average molecular weight is 164 g/mol. The van der Waals surface area contributed by atoms with E-state index in [-0.39, 0.29) is 12.4 Å². The van der Waals surface area contributed by atoms with Crippen LogP contribution in [0.15, 0.2) is 24.3 Å². The molecule has 0 amide bonds. The molecular formula is C8H8N2O2. The third kappa shape index (κ3) is 0.853. The maximum Gasteiger partial charge on any atom is 0.171 e. The van der Waals surface area contributed by atoms with Crippen LogP contribution in [-0.2, 0) is 6.61 Å². The quantitative estimate of drug-likeness (QED) is 0.612. The predicted octanol–water partition coefficient (Wildman–Crippen LogP) is 0.766. The summed E-state index contributed by atoms with van der Waals surface area (Å²) < 4.78 is 0.898. The van der Waals surface area contributed by atoms with Gasteiger partial charge in [-0.05, 0) is 12.1 Å². The number of benzene rings is 1. The van der Waals surface area contributed by atoms with Crippen molar-refractivity contribution in [3.63, 3.8) is 0 Å². The Morgan fingerprint density at radius 3 is 2.75 bits per heavy atom. The normalized spacial score (nSPS) is 10.8. The number of nitrogens with zero attached hydrogens (tertiary/aromatic N) is 2. The van der Waals surface area contributed by atoms with Crippen LogP contribution in [0.5, 0.6) is 0 Å². The van der Waals surface area contributed by atoms with E-state index in [1.54, 1.807) is 18.2 Å². The van der Waals surface area contributed by atoms with Crippen molar-refractivity contribution in [3.05, 3.63) is 30.1 Å². The highest BCUT2D eigenvalue weighted by Crippen LogP contribution is 2.13. The van der Waals surface area contributed by atoms with Crippen molar-refractivity contribution in [1.82, 2.24) is 9.71 Å². The molecule has 2 rings (SSSR count). The van der Waals surface area contributed by atoms with Gasteiger partial charge in [0.15, 0.2) is 5.82 Å². The number of imidazole rings is 1. The van der Waals surface area contributed by atoms with Crippen molar-refractivity contribution >= 4 is 11.0 Å². The fraction of sp³-hybridized carbons (Fsp3) is 0.125. The number of aliphatic hydroxyl groups excluding tert-OH is 1. The molecule has 0 radical (unpaired) electrons. The molecule has 0 aliphatic heterocycles. The van der Waals surface area contributed by atoms with Crippen LogP contribution < -0.4 is 0 Å². The van der Waals surface area contributed by atoms with Crippen molar-refractivity contribution in [3.8, 4) is 0 Å². The molecule has 0 saturated carbocycles. The molecule has 1 heterocycles. The van der Waals surface area contributed by atoms with Crippen LogP contribution in [0.3, 0.4) is 0 Å². The molecule has 2 aromatic rings. The van der Waals surface area contributed by atoms with Crippen molar-refractivity contribution in [2.24, 2.45) is 0 Å². The van der Waals surface area contributed by atoms with Crippen molar-refractivity contribution in [1.29, 1.82) is 0 Å². The summed E-state index contributed by atoms with van der Waals surface area (Å²) in [6.45, 7) is -0.259. The second-order valence-corrected chi connectivity index (χ2v) is 2.49. The predicted molar refractivity (Wildman–Crippen MR) is 42.8 cm³/mol. The molecule has 4 heteroatoms. The van der Waals surface area contributed by atoms with E-state index in [1.165, 1.54) is 0 Å². The van der Waals surface area contributed by atoms with Crippen LogP contribution in [0, 0.1) is 0 Å². The first-order chi connectivity index (χ1) is 5.83. The van der Waals surface area contributed by atoms with Crippen LogP contribution >= 0.6 is 0 Å². The molecule has 12 heavy (non-hydrogen) atoms. The Morgan fingerprint density at radius 2 is 2.08 bits per heavy atom. The molecule has 0 aliphatic rings. The zero-order valence-corrected chi connectivity index (χ0v) is 6.31. The van der Waals surface area contributed by atoms with Crippen LogP contribution in [0.2, 0.25) is 0 Å². The summed E-state index contributed by atoms with van der Waals surface area (Å²) in [7, 11) is 0. The third-order valence-corrected chi connectivity index (χ3v) is 1.75. The molecular weight excluding hydrogens is 156 g/mol. The molecule has 0 unspecified atom stereocenters. The lowest BCUT2D eigenvalue weighted by Gasteiger charge is -1.94. The van der Waals surface area contributed by atoms with Crippen molar-refractivity contribution < 1.29 is 10.3 Å². The second kappa shape index (κ2) is 2.49. The Hall–Kier alpha value is -1.55. The summed E-state index contributed by atoms with van der Waals surface area (Å²) in [4.78, 5) is 3.99. The molecule has 0 saturated heterocycles. The molecule has 2 N–H and O–H groups in total. The summed E-state index contributed by atoms with van der Waals surface area (Å²) in [6, 6.07) is 7.15. The Morgan fingerprint density at radius 1 is 1.33 bits per heavy atom. The number of hydrogen-bond acceptors (Lipinski definition) is 3. The van der Waals surface area contributed by atoms with Gasteiger partial charge in [0.2, 0.25) is 0 Å². The molecule has 0 aliphatic carbocycles. The fourth-order valence-corrected chi connectivity index (χ4v) is 1.17. The highest BCUT2D eigenvalue weighted by atomic mass is 16.5. The number of rotatable bonds is 1. The van der Waals surface area contributed by atoms with Gasteiger partial charge in [0.05, 0.1) is 5.52 Å². The van der Waals surface area contributed by atoms with Crippen molar-refractivity contribution in [2.75, 3.05) is 0 Å². The van der Waals surface area contributed by atoms with E-state index in [4.69, 9.17) is 5.11 Å². The van der Waals surface area contributed by atoms with Gasteiger partial charge in [-0.15, -0.1) is 0 Å². The highest BCUT2D eigenvalue weighted by molar-refractivity contribution is 5.75. The van der Waals surface area contributed by atoms with E-state index in [0.29, 0.717) is 11.0 Å². The Kier molecular flexibility index (Phi) is 1.48. The molecule has 0 bridgehead atoms. The van der Waals surface area contributed by atoms with Gasteiger partial charge in [0.1, 0.15) is 12.1 Å². The number of aromatic nitrogens is 2. The molecule has 4 nitrogen and oxygen atoms in total. The van der Waals surface area contributed by atoms with E-state index in [9.17, 15) is 5.21 Å². The van der Waals surface area contributed by atoms with Crippen LogP contribution in [-0.4, -0.2) is 20.0 Å². The minimum absolute atomic E-state index is 0.259. The zero-order valence-electron chi connectivity index (χ0n) is 6.31. The van der Waals surface area contributed by atoms with Gasteiger partial charge in [-0.2, -0.15) is 4.73 Å². The lowest BCUT2D eigenvalue weighted by molar-refractivity contribution is 0.160. The number of para-hydroxylation sites is 2. The fourth-order valence-electron chi connectivity index (χ4n) is 1.17. The zero-order chi connectivity index (χ0) is 8.55. The monoisotopic (exact) mass is 164 g/mol. The molecule has 1 aromatic carbocycles. The number of hydrogen-bond donors (Lipinski definition) is 2. The number of aliphatic hydroxyl groups is 1. The van der Waals surface area contributed by atoms with E-state index < -0.39 is 0 Å². The van der Waals surface area contributed by atoms with Crippen LogP contribution in [0.4, 0.5) is 0 Å². The summed E-state index contributed by atoms with van der Waals surface area (Å²) in [5.41, 5.74) is 1.30. The summed E-state index contributed by atoms with van der Waals surface area (Å²) in [6.07, 6.45) is 0. The Labute approximate surface area is 68.7 Å². The van der Waals surface area contributed by atoms with E-state index in [0.717, 1.165) is 4.73 Å². The van der Waals surface area contributed by atoms with Gasteiger partial charge < -0.3 is 10.3 Å². The van der Waals surface area contributed by atoms with E-state index >= 15 is 0 Å². The van der Waals surface area contributed by atoms with Gasteiger partial charge in [0.25, 0.3) is 0 Å². The van der Waals surface area contributed by atoms with E-state index in [2.05, 4.69) is 4.98 Å². The average Bonchev–Trinajstić information content (AvgIpc) is 2.44. The van der Waals surface area contributed by atoms with Gasteiger partial charge in [-0.3, -0.25) is 0 Å². The minimum atomic E-state index is -0.259. The summed E-state index contributed by atoms with van der Waals surface area (Å²) in [5.74, 6) is 0.260. The molecule has 1 aromatic heterocycles. The highest BCUT2D eigenvalue weighted by Gasteiger charge is 2.06. The van der Waals surface area contributed by atoms with Gasteiger partial charge in [0, 0.05) is 0 Å². The topological polar surface area (TPSA) is 58.3 Å². The minimum Gasteiger partial charge on any atom is -0.427 e. The Balaban J connectivity index is 2.78. The summed E-state index contributed by atoms with van der Waals surface area (Å²) >= 11 is 0. The first-order valence-corrected chi connectivity index (χ1v) is 3.59. The van der Waals surface area contributed by atoms with Crippen molar-refractivity contribution in [2.45, 2.75) is 6.61 Å². The first kappa shape index (κ1) is 7.12. The molecule has 0 fully saturated rings. The SMILES string of the molecule is OCc1nc2ccccc2n1O. The summed E-state index contributed by atoms with van der Waals surface area (Å²) in [5, 5.41) is 18.2. The van der Waals surface area contributed by atoms with Gasteiger partial charge >= 0.3 is 0 Å². The lowest BCUT2D eigenvalue weighted by atomic mass is 10.3. The second-order valence-electron chi connectivity index (χ2n) is 2.49. The third-order valence-electron chi connectivity index (χ3n) is 1.75. The smallest absolute Gasteiger partial charge is 0.171 e. The first-order valence-electron chi connectivity index (χ1n) is 3.59. The standard InChI is InChI=1S/C8H8N2O2/c11-5-8-9-6-3-1-2-4-7(6)10(8)12/h1-4,11-12H,5H2. The number of fused-ring (bicyclic) bond motifs is 1.